The predicted octanol–water partition coefficient (Wildman–Crippen LogP) is 22.4. The number of carboxylic acids is 1. The van der Waals surface area contributed by atoms with E-state index in [1.807, 2.05) is 176 Å². The van der Waals surface area contributed by atoms with Crippen molar-refractivity contribution in [2.24, 2.45) is 17.8 Å². The van der Waals surface area contributed by atoms with E-state index >= 15 is 0 Å². The quantitative estimate of drug-likeness (QED) is 0.00478. The number of ether oxygens (including phenoxy) is 5. The molecular formula is C118H123Br2F6N8O15+. The first-order chi connectivity index (χ1) is 72.1. The number of ketones is 2. The van der Waals surface area contributed by atoms with Crippen molar-refractivity contribution >= 4 is 108 Å². The maximum Gasteiger partial charge on any atom is 0.333 e. The third-order valence-corrected chi connectivity index (χ3v) is 27.2. The van der Waals surface area contributed by atoms with Crippen LogP contribution in [0.25, 0.3) is 0 Å². The molecule has 0 aliphatic carbocycles. The number of para-hydroxylation sites is 5. The number of nitrogens with zero attached hydrogens (tertiary/aromatic N) is 3. The van der Waals surface area contributed by atoms with Gasteiger partial charge in [0.15, 0.2) is 36.1 Å². The number of fused-ring (bicyclic) bond motifs is 9. The molecule has 6 bridgehead atoms. The van der Waals surface area contributed by atoms with Crippen LogP contribution in [0.3, 0.4) is 0 Å². The number of nitrogen functional groups attached to an aromatic ring is 1. The van der Waals surface area contributed by atoms with Gasteiger partial charge < -0.3 is 70.3 Å². The number of esters is 5. The second-order valence-corrected chi connectivity index (χ2v) is 37.3. The van der Waals surface area contributed by atoms with Crippen LogP contribution in [-0.2, 0) is 58.9 Å². The van der Waals surface area contributed by atoms with Crippen molar-refractivity contribution < 1.29 is 103 Å². The fraction of sp³-hybridized carbons (Fsp3) is 0.271. The molecular weight excluding hydrogens is 2040 g/mol. The van der Waals surface area contributed by atoms with Crippen LogP contribution in [0.4, 0.5) is 54.8 Å². The lowest BCUT2D eigenvalue weighted by Gasteiger charge is -2.51. The predicted molar refractivity (Wildman–Crippen MR) is 571 cm³/mol. The van der Waals surface area contributed by atoms with E-state index in [1.165, 1.54) is 102 Å². The zero-order chi connectivity index (χ0) is 106. The highest BCUT2D eigenvalue weighted by Crippen LogP contribution is 2.39. The minimum atomic E-state index is -1.12. The molecule has 149 heavy (non-hydrogen) atoms. The summed E-state index contributed by atoms with van der Waals surface area (Å²) in [5.41, 5.74) is 12.1. The number of carbonyl (C=O) groups excluding carboxylic acids is 7. The van der Waals surface area contributed by atoms with E-state index in [0.717, 1.165) is 87.6 Å². The zero-order valence-electron chi connectivity index (χ0n) is 82.8. The van der Waals surface area contributed by atoms with Gasteiger partial charge in [0.1, 0.15) is 58.9 Å². The van der Waals surface area contributed by atoms with Crippen LogP contribution in [0, 0.1) is 52.7 Å². The van der Waals surface area contributed by atoms with Gasteiger partial charge in [-0.1, -0.05) is 293 Å². The molecule has 0 spiro atoms. The van der Waals surface area contributed by atoms with Gasteiger partial charge in [-0.2, -0.15) is 0 Å². The molecule has 9 heterocycles. The molecule has 0 amide bonds. The van der Waals surface area contributed by atoms with Gasteiger partial charge in [0.2, 0.25) is 5.78 Å². The van der Waals surface area contributed by atoms with Crippen molar-refractivity contribution in [1.82, 2.24) is 9.80 Å². The maximum absolute atomic E-state index is 14.7. The van der Waals surface area contributed by atoms with E-state index < -0.39 is 93.9 Å². The molecule has 22 rings (SSSR count). The topological polar surface area (TPSA) is 304 Å². The molecule has 0 aromatic heterocycles. The molecule has 5 unspecified atom stereocenters. The molecule has 0 saturated carbocycles. The van der Waals surface area contributed by atoms with Gasteiger partial charge in [-0.3, -0.25) is 24.1 Å². The summed E-state index contributed by atoms with van der Waals surface area (Å²) >= 11 is 6.15. The number of hydrogen-bond donors (Lipinski definition) is 7. The third-order valence-electron chi connectivity index (χ3n) is 25.9. The number of rotatable bonds is 27. The highest BCUT2D eigenvalue weighted by Gasteiger charge is 2.50. The smallest absolute Gasteiger partial charge is 0.333 e. The van der Waals surface area contributed by atoms with Crippen LogP contribution in [0.1, 0.15) is 122 Å². The van der Waals surface area contributed by atoms with Crippen molar-refractivity contribution in [3.05, 3.63) is 437 Å². The average molecular weight is 2170 g/mol. The Hall–Kier alpha value is -14.6. The number of nitrogens with two attached hydrogens (primary N) is 1. The number of halogens is 8. The number of carbonyl (C=O) groups is 8. The summed E-state index contributed by atoms with van der Waals surface area (Å²) in [5.74, 6) is -4.58. The van der Waals surface area contributed by atoms with Gasteiger partial charge in [-0.05, 0) is 166 Å². The summed E-state index contributed by atoms with van der Waals surface area (Å²) in [4.78, 5) is 99.2. The van der Waals surface area contributed by atoms with Crippen LogP contribution in [0.15, 0.2) is 358 Å². The maximum atomic E-state index is 14.7. The summed E-state index contributed by atoms with van der Waals surface area (Å²) in [6, 6.07) is 97.7. The molecule has 9 fully saturated rings. The first-order valence-electron chi connectivity index (χ1n) is 48.9. The number of hydrogen-bond acceptors (Lipinski definition) is 21. The number of aliphatic hydroxyl groups is 1. The number of aliphatic carboxylic acids is 1. The zero-order valence-corrected chi connectivity index (χ0v) is 86.0. The van der Waals surface area contributed by atoms with Gasteiger partial charge in [0.05, 0.1) is 52.3 Å². The third kappa shape index (κ3) is 35.9. The van der Waals surface area contributed by atoms with Crippen molar-refractivity contribution in [2.75, 3.05) is 119 Å². The van der Waals surface area contributed by atoms with Crippen molar-refractivity contribution in [3.63, 3.8) is 0 Å². The number of carboxylic acid groups (broad SMARTS) is 1. The van der Waals surface area contributed by atoms with Crippen LogP contribution >= 0.6 is 31.9 Å². The molecule has 9 aliphatic heterocycles. The molecule has 0 radical (unpaired) electrons. The fourth-order valence-corrected chi connectivity index (χ4v) is 18.6. The fourth-order valence-electron chi connectivity index (χ4n) is 17.8. The minimum absolute atomic E-state index is 0.00694. The Morgan fingerprint density at radius 1 is 0.369 bits per heavy atom. The van der Waals surface area contributed by atoms with Crippen molar-refractivity contribution in [2.45, 2.75) is 92.3 Å². The normalized spacial score (nSPS) is 18.8. The number of nitrogens with one attached hydrogen (secondary N) is 4. The highest BCUT2D eigenvalue weighted by atomic mass is 79.9. The van der Waals surface area contributed by atoms with Crippen LogP contribution in [0.2, 0.25) is 0 Å². The molecule has 13 aromatic rings. The number of alkyl halides is 2. The number of anilines is 5. The Kier molecular flexibility index (Phi) is 46.2. The summed E-state index contributed by atoms with van der Waals surface area (Å²) in [7, 11) is 3.82. The number of piperidine rings is 9. The van der Waals surface area contributed by atoms with E-state index in [-0.39, 0.29) is 70.3 Å². The molecule has 9 aliphatic rings. The average Bonchev–Trinajstić information content (AvgIpc) is 0.764. The Balaban J connectivity index is 0.000000166. The summed E-state index contributed by atoms with van der Waals surface area (Å²) < 4.78 is 109. The molecule has 13 aromatic carbocycles. The van der Waals surface area contributed by atoms with E-state index in [0.29, 0.717) is 62.8 Å². The number of quaternary nitrogens is 1. The van der Waals surface area contributed by atoms with E-state index in [1.54, 1.807) is 127 Å². The van der Waals surface area contributed by atoms with Gasteiger partial charge in [-0.25, -0.2) is 45.5 Å². The first-order valence-corrected chi connectivity index (χ1v) is 50.9. The molecule has 8 N–H and O–H groups in total. The van der Waals surface area contributed by atoms with Crippen LogP contribution in [-0.4, -0.2) is 182 Å². The Morgan fingerprint density at radius 2 is 0.685 bits per heavy atom. The van der Waals surface area contributed by atoms with Crippen LogP contribution in [0.5, 0.6) is 0 Å². The Labute approximate surface area is 881 Å². The Morgan fingerprint density at radius 3 is 1.01 bits per heavy atom. The lowest BCUT2D eigenvalue weighted by atomic mass is 9.82. The summed E-state index contributed by atoms with van der Waals surface area (Å²) in [6.07, 6.45) is 5.99. The lowest BCUT2D eigenvalue weighted by Crippen LogP contribution is -2.65. The van der Waals surface area contributed by atoms with Gasteiger partial charge in [-0.15, -0.1) is 0 Å². The van der Waals surface area contributed by atoms with Gasteiger partial charge in [0, 0.05) is 99.2 Å². The largest absolute Gasteiger partial charge is 0.479 e. The molecule has 31 heteroatoms. The van der Waals surface area contributed by atoms with Crippen molar-refractivity contribution in [3.8, 4) is 0 Å². The monoisotopic (exact) mass is 2160 g/mol. The number of aliphatic hydroxyl groups excluding tert-OH is 1. The molecule has 9 saturated heterocycles. The Bertz CT molecular complexity index is 6360. The SMILES string of the molecule is COC(=O)C(Br)c1ccccc1F.COC(=O)C(Nc1ccccc1)c1ccccc1F.COC(=O)Cc1ccccc1F.Nc1ccccc1.O=C(CBr)c1ccccc1.O=C(C[N+]12CCC(CC1)[C@@H](OC(=O)C(Nc1ccccc1)c1ccccc1F)C2)c1ccccc1.O=C(O)C(Nc1ccccc1)c1ccccc1F.O=C(O[C@H]1CN2CCC1CC2)C(Nc1ccccc1)c1ccccc1F.O[C@H]1CN2CCC1CC2. The van der Waals surface area contributed by atoms with E-state index in [2.05, 4.69) is 72.4 Å². The van der Waals surface area contributed by atoms with Gasteiger partial charge >= 0.3 is 35.8 Å². The minimum Gasteiger partial charge on any atom is -0.479 e. The molecule has 8 atom stereocenters. The molecule has 780 valence electrons. The highest BCUT2D eigenvalue weighted by molar-refractivity contribution is 9.09. The standard InChI is InChI=1S/C29H30FN2O3.C21H23FN2O2.C15H14FNO2.C14H12FNO2.C9H8BrFO2.C9H9FO2.C8H7BrO.C7H13NO.C6H7N/c30-25-14-8-7-13-24(25)28(31-23-11-5-2-6-12-23)29(34)35-27-20-32(17-15-22(27)16-18-32)19-26(33)21-9-3-1-4-10-21;22-18-9-5-4-8-17(18)20(23-16-6-2-1-3-7-16)21(25)26-19-14-24-12-10-15(19)11-13-24;1-19-15(18)14(12-9-5-6-10-13(12)16)17-11-7-3-2-4-8-11;15-12-9-5-4-8-11(12)13(14(17)18)16-10-6-2-1-3-7-10;1-13-9(12)8(10)6-4-2-3-5-7(6)11;1-12-9(11)6-7-4-2-3-5-8(7)10;9-6-8(10)7-4-2-1-3-5-7;9-7-5-8-3-1-6(7)2-4-8;7-6-4-2-1-3-5-6/h1-14,22,27-28,31H,15-20H2;1-9,15,19-20,23H,10-14H2;2-10,14,17H,1H3;1-9,13,16H,(H,17,18);2-5,8H,1H3;2-5H,6H2,1H3;1-5H,6H2;6-7,9H,1-5H2;1-5H,7H2/q+1;;;;;;;;/t22?,27-,28?,32?;19-,20?;;;;;;7-;/m00.....0./s1. The first kappa shape index (κ1) is 115. The number of Topliss-reactive ketones (excluding diaryl/α,β-unsaturated/α-hetero) is 2. The number of methoxy groups -OCH3 is 3. The summed E-state index contributed by atoms with van der Waals surface area (Å²) in [5, 5.41) is 31.0. The van der Waals surface area contributed by atoms with E-state index in [9.17, 15) is 74.9 Å². The lowest BCUT2D eigenvalue weighted by molar-refractivity contribution is -0.938. The van der Waals surface area contributed by atoms with Crippen LogP contribution < -0.4 is 27.0 Å². The van der Waals surface area contributed by atoms with E-state index in [4.69, 9.17) is 19.9 Å². The second kappa shape index (κ2) is 60.0. The molecule has 23 nitrogen and oxygen atoms in total. The van der Waals surface area contributed by atoms with Crippen molar-refractivity contribution in [1.29, 1.82) is 0 Å². The second-order valence-electron chi connectivity index (χ2n) is 35.9. The number of benzene rings is 13. The summed E-state index contributed by atoms with van der Waals surface area (Å²) in [6.45, 7) is 9.18. The van der Waals surface area contributed by atoms with Gasteiger partial charge in [0.25, 0.3) is 0 Å².